The lowest BCUT2D eigenvalue weighted by molar-refractivity contribution is 0.395. The first-order valence-electron chi connectivity index (χ1n) is 10.8. The first-order chi connectivity index (χ1) is 16.1. The first-order valence-corrected chi connectivity index (χ1v) is 11.2. The molecule has 0 spiro atoms. The third-order valence-corrected chi connectivity index (χ3v) is 6.60. The summed E-state index contributed by atoms with van der Waals surface area (Å²) in [4.78, 5) is 35.9. The Morgan fingerprint density at radius 1 is 1.06 bits per heavy atom. The SMILES string of the molecule is Cn1c(-c2ccc(Cl)nc2)nc2c(N3CCC(n4c(=O)[nH]c5ccccc54)CC3)ncnc21. The summed E-state index contributed by atoms with van der Waals surface area (Å²) >= 11 is 5.94. The van der Waals surface area contributed by atoms with E-state index in [0.29, 0.717) is 5.15 Å². The van der Waals surface area contributed by atoms with E-state index in [2.05, 4.69) is 24.8 Å². The highest BCUT2D eigenvalue weighted by atomic mass is 35.5. The van der Waals surface area contributed by atoms with E-state index >= 15 is 0 Å². The fourth-order valence-electron chi connectivity index (χ4n) is 4.76. The molecule has 0 amide bonds. The minimum absolute atomic E-state index is 0.0509. The van der Waals surface area contributed by atoms with Gasteiger partial charge in [-0.2, -0.15) is 0 Å². The fraction of sp³-hybridized carbons (Fsp3) is 0.261. The maximum atomic E-state index is 12.6. The minimum atomic E-state index is -0.0509. The summed E-state index contributed by atoms with van der Waals surface area (Å²) in [5.74, 6) is 1.57. The van der Waals surface area contributed by atoms with Gasteiger partial charge in [0.1, 0.15) is 17.3 Å². The number of benzene rings is 1. The number of hydrogen-bond acceptors (Lipinski definition) is 6. The summed E-state index contributed by atoms with van der Waals surface area (Å²) in [6, 6.07) is 11.6. The van der Waals surface area contributed by atoms with Crippen LogP contribution >= 0.6 is 11.6 Å². The maximum Gasteiger partial charge on any atom is 0.326 e. The predicted octanol–water partition coefficient (Wildman–Crippen LogP) is 3.56. The average Bonchev–Trinajstić information content (AvgIpc) is 3.36. The van der Waals surface area contributed by atoms with Gasteiger partial charge in [-0.3, -0.25) is 4.57 Å². The Hall–Kier alpha value is -3.72. The molecule has 0 bridgehead atoms. The first kappa shape index (κ1) is 19.9. The quantitative estimate of drug-likeness (QED) is 0.413. The van der Waals surface area contributed by atoms with Gasteiger partial charge in [0.05, 0.1) is 11.0 Å². The smallest absolute Gasteiger partial charge is 0.326 e. The molecule has 1 fully saturated rings. The van der Waals surface area contributed by atoms with Crippen molar-refractivity contribution in [2.24, 2.45) is 7.05 Å². The second-order valence-electron chi connectivity index (χ2n) is 8.27. The van der Waals surface area contributed by atoms with Crippen LogP contribution in [-0.4, -0.2) is 47.1 Å². The largest absolute Gasteiger partial charge is 0.355 e. The number of nitrogens with one attached hydrogen (secondary N) is 1. The summed E-state index contributed by atoms with van der Waals surface area (Å²) in [6.07, 6.45) is 4.97. The number of para-hydroxylation sites is 2. The fourth-order valence-corrected chi connectivity index (χ4v) is 4.87. The number of halogens is 1. The van der Waals surface area contributed by atoms with Gasteiger partial charge >= 0.3 is 5.69 Å². The lowest BCUT2D eigenvalue weighted by atomic mass is 10.0. The number of H-pyrrole nitrogens is 1. The van der Waals surface area contributed by atoms with Gasteiger partial charge in [0.25, 0.3) is 0 Å². The van der Waals surface area contributed by atoms with Crippen LogP contribution in [0.4, 0.5) is 5.82 Å². The molecule has 1 N–H and O–H groups in total. The number of hydrogen-bond donors (Lipinski definition) is 1. The van der Waals surface area contributed by atoms with Crippen LogP contribution in [0.3, 0.4) is 0 Å². The van der Waals surface area contributed by atoms with E-state index in [4.69, 9.17) is 16.6 Å². The van der Waals surface area contributed by atoms with Crippen molar-refractivity contribution < 1.29 is 0 Å². The molecule has 9 nitrogen and oxygen atoms in total. The van der Waals surface area contributed by atoms with E-state index in [1.165, 1.54) is 0 Å². The number of aryl methyl sites for hydroxylation is 1. The van der Waals surface area contributed by atoms with Gasteiger partial charge in [0.15, 0.2) is 17.0 Å². The number of pyridine rings is 1. The van der Waals surface area contributed by atoms with E-state index in [0.717, 1.165) is 65.3 Å². The molecule has 1 aliphatic heterocycles. The molecular formula is C23H21ClN8O. The minimum Gasteiger partial charge on any atom is -0.355 e. The molecule has 10 heteroatoms. The number of piperidine rings is 1. The van der Waals surface area contributed by atoms with E-state index in [1.54, 1.807) is 18.6 Å². The summed E-state index contributed by atoms with van der Waals surface area (Å²) in [6.45, 7) is 1.55. The van der Waals surface area contributed by atoms with Gasteiger partial charge in [-0.05, 0) is 37.1 Å². The summed E-state index contributed by atoms with van der Waals surface area (Å²) in [7, 11) is 1.94. The highest BCUT2D eigenvalue weighted by molar-refractivity contribution is 6.29. The van der Waals surface area contributed by atoms with Crippen LogP contribution in [0.2, 0.25) is 5.15 Å². The zero-order chi connectivity index (χ0) is 22.5. The monoisotopic (exact) mass is 460 g/mol. The maximum absolute atomic E-state index is 12.6. The van der Waals surface area contributed by atoms with Gasteiger partial charge < -0.3 is 14.5 Å². The van der Waals surface area contributed by atoms with Crippen LogP contribution in [0.1, 0.15) is 18.9 Å². The van der Waals surface area contributed by atoms with Crippen molar-refractivity contribution in [3.8, 4) is 11.4 Å². The van der Waals surface area contributed by atoms with Gasteiger partial charge in [0, 0.05) is 37.9 Å². The molecule has 1 saturated heterocycles. The number of fused-ring (bicyclic) bond motifs is 2. The molecular weight excluding hydrogens is 440 g/mol. The topological polar surface area (TPSA) is 97.5 Å². The average molecular weight is 461 g/mol. The molecule has 0 saturated carbocycles. The highest BCUT2D eigenvalue weighted by Crippen LogP contribution is 2.31. The van der Waals surface area contributed by atoms with E-state index in [1.807, 2.05) is 46.5 Å². The predicted molar refractivity (Wildman–Crippen MR) is 128 cm³/mol. The molecule has 1 aliphatic rings. The van der Waals surface area contributed by atoms with Crippen molar-refractivity contribution in [1.29, 1.82) is 0 Å². The molecule has 0 unspecified atom stereocenters. The molecule has 0 aliphatic carbocycles. The van der Waals surface area contributed by atoms with Crippen LogP contribution in [0.15, 0.2) is 53.7 Å². The number of nitrogens with zero attached hydrogens (tertiary/aromatic N) is 7. The second kappa shape index (κ2) is 7.70. The van der Waals surface area contributed by atoms with Crippen molar-refractivity contribution in [3.63, 3.8) is 0 Å². The third-order valence-electron chi connectivity index (χ3n) is 6.38. The normalized spacial score (nSPS) is 15.0. The molecule has 5 aromatic rings. The third kappa shape index (κ3) is 3.27. The van der Waals surface area contributed by atoms with E-state index in [9.17, 15) is 4.79 Å². The second-order valence-corrected chi connectivity index (χ2v) is 8.66. The Morgan fingerprint density at radius 3 is 2.67 bits per heavy atom. The highest BCUT2D eigenvalue weighted by Gasteiger charge is 2.26. The lowest BCUT2D eigenvalue weighted by Crippen LogP contribution is -2.37. The molecule has 6 rings (SSSR count). The van der Waals surface area contributed by atoms with Crippen molar-refractivity contribution in [2.75, 3.05) is 18.0 Å². The number of aromatic nitrogens is 7. The van der Waals surface area contributed by atoms with Crippen LogP contribution in [0.25, 0.3) is 33.6 Å². The van der Waals surface area contributed by atoms with Gasteiger partial charge in [0.2, 0.25) is 0 Å². The standard InChI is InChI=1S/C23H21ClN8O/c1-30-20(14-6-7-18(24)25-12-14)29-19-21(30)26-13-27-22(19)31-10-8-15(9-11-31)32-17-5-3-2-4-16(17)28-23(32)33/h2-7,12-13,15H,8-11H2,1H3,(H,28,33). The van der Waals surface area contributed by atoms with E-state index < -0.39 is 0 Å². The molecule has 4 aromatic heterocycles. The van der Waals surface area contributed by atoms with Crippen LogP contribution in [0, 0.1) is 0 Å². The zero-order valence-corrected chi connectivity index (χ0v) is 18.7. The summed E-state index contributed by atoms with van der Waals surface area (Å²) in [5, 5.41) is 0.440. The Bertz CT molecular complexity index is 1530. The lowest BCUT2D eigenvalue weighted by Gasteiger charge is -2.33. The summed E-state index contributed by atoms with van der Waals surface area (Å²) in [5.41, 5.74) is 4.16. The zero-order valence-electron chi connectivity index (χ0n) is 17.9. The molecule has 0 radical (unpaired) electrons. The number of anilines is 1. The number of aromatic amines is 1. The Labute approximate surface area is 193 Å². The molecule has 1 aromatic carbocycles. The Balaban J connectivity index is 1.31. The van der Waals surface area contributed by atoms with Gasteiger partial charge in [-0.15, -0.1) is 0 Å². The van der Waals surface area contributed by atoms with Crippen molar-refractivity contribution >= 4 is 39.6 Å². The van der Waals surface area contributed by atoms with Gasteiger partial charge in [-0.25, -0.2) is 24.7 Å². The number of imidazole rings is 2. The number of rotatable bonds is 3. The van der Waals surface area contributed by atoms with Crippen molar-refractivity contribution in [2.45, 2.75) is 18.9 Å². The van der Waals surface area contributed by atoms with Crippen LogP contribution in [0.5, 0.6) is 0 Å². The van der Waals surface area contributed by atoms with Crippen molar-refractivity contribution in [3.05, 3.63) is 64.6 Å². The molecule has 166 valence electrons. The van der Waals surface area contributed by atoms with Crippen LogP contribution < -0.4 is 10.6 Å². The van der Waals surface area contributed by atoms with E-state index in [-0.39, 0.29) is 11.7 Å². The molecule has 0 atom stereocenters. The molecule has 33 heavy (non-hydrogen) atoms. The Morgan fingerprint density at radius 2 is 1.88 bits per heavy atom. The summed E-state index contributed by atoms with van der Waals surface area (Å²) < 4.78 is 3.85. The van der Waals surface area contributed by atoms with Crippen molar-refractivity contribution in [1.82, 2.24) is 34.1 Å². The Kier molecular flexibility index (Phi) is 4.65. The van der Waals surface area contributed by atoms with Gasteiger partial charge in [-0.1, -0.05) is 23.7 Å². The molecule has 5 heterocycles. The van der Waals surface area contributed by atoms with Crippen LogP contribution in [-0.2, 0) is 7.05 Å².